The van der Waals surface area contributed by atoms with Crippen molar-refractivity contribution in [2.45, 2.75) is 32.2 Å². The highest BCUT2D eigenvalue weighted by Gasteiger charge is 2.32. The van der Waals surface area contributed by atoms with Crippen molar-refractivity contribution < 1.29 is 4.79 Å². The van der Waals surface area contributed by atoms with Gasteiger partial charge < -0.3 is 11.1 Å². The van der Waals surface area contributed by atoms with Crippen LogP contribution in [0.3, 0.4) is 0 Å². The van der Waals surface area contributed by atoms with Gasteiger partial charge in [-0.25, -0.2) is 0 Å². The summed E-state index contributed by atoms with van der Waals surface area (Å²) in [5.74, 6) is -0.198. The number of carbonyl (C=O) groups excluding carboxylic acids is 1. The van der Waals surface area contributed by atoms with Gasteiger partial charge in [0.2, 0.25) is 0 Å². The van der Waals surface area contributed by atoms with Crippen LogP contribution in [0.5, 0.6) is 0 Å². The zero-order valence-corrected chi connectivity index (χ0v) is 13.0. The Morgan fingerprint density at radius 3 is 2.57 bits per heavy atom. The zero-order chi connectivity index (χ0) is 15.5. The molecule has 0 aliphatic carbocycles. The minimum Gasteiger partial charge on any atom is -0.391 e. The molecule has 5 heteroatoms. The summed E-state index contributed by atoms with van der Waals surface area (Å²) < 4.78 is 0. The molecule has 110 valence electrons. The first-order valence-electron chi connectivity index (χ1n) is 7.00. The van der Waals surface area contributed by atoms with Crippen LogP contribution in [0.2, 0.25) is 0 Å². The number of nitrogens with two attached hydrogens (primary N) is 1. The summed E-state index contributed by atoms with van der Waals surface area (Å²) in [4.78, 5) is 17.2. The number of benzene rings is 1. The van der Waals surface area contributed by atoms with Gasteiger partial charge >= 0.3 is 0 Å². The Morgan fingerprint density at radius 2 is 1.95 bits per heavy atom. The molecule has 0 radical (unpaired) electrons. The lowest BCUT2D eigenvalue weighted by Gasteiger charge is -2.31. The van der Waals surface area contributed by atoms with Crippen molar-refractivity contribution in [2.75, 3.05) is 0 Å². The molecule has 2 rings (SSSR count). The van der Waals surface area contributed by atoms with Crippen LogP contribution in [-0.2, 0) is 0 Å². The molecule has 0 fully saturated rings. The average molecular weight is 301 g/mol. The highest BCUT2D eigenvalue weighted by molar-refractivity contribution is 7.80. The summed E-state index contributed by atoms with van der Waals surface area (Å²) in [6, 6.07) is 9.32. The fraction of sp³-hybridized carbons (Fsp3) is 0.312. The van der Waals surface area contributed by atoms with Crippen LogP contribution < -0.4 is 11.1 Å². The van der Waals surface area contributed by atoms with E-state index in [1.165, 1.54) is 0 Å². The molecule has 21 heavy (non-hydrogen) atoms. The summed E-state index contributed by atoms with van der Waals surface area (Å²) in [6.45, 7) is 3.93. The highest BCUT2D eigenvalue weighted by atomic mass is 32.1. The molecule has 0 spiro atoms. The van der Waals surface area contributed by atoms with Crippen molar-refractivity contribution >= 4 is 34.0 Å². The first-order chi connectivity index (χ1) is 10.0. The molecule has 0 aliphatic rings. The molecule has 0 bridgehead atoms. The number of hydrogen-bond donors (Lipinski definition) is 2. The number of pyridine rings is 1. The smallest absolute Gasteiger partial charge is 0.254 e. The fourth-order valence-corrected chi connectivity index (χ4v) is 2.75. The molecule has 1 aromatic heterocycles. The normalized spacial score (nSPS) is 11.3. The van der Waals surface area contributed by atoms with Crippen molar-refractivity contribution in [1.82, 2.24) is 10.3 Å². The molecule has 1 aromatic carbocycles. The van der Waals surface area contributed by atoms with Crippen molar-refractivity contribution in [3.8, 4) is 0 Å². The van der Waals surface area contributed by atoms with E-state index in [2.05, 4.69) is 10.3 Å². The summed E-state index contributed by atoms with van der Waals surface area (Å²) in [7, 11) is 0. The zero-order valence-electron chi connectivity index (χ0n) is 12.2. The minimum atomic E-state index is -0.649. The maximum absolute atomic E-state index is 12.6. The largest absolute Gasteiger partial charge is 0.391 e. The summed E-state index contributed by atoms with van der Waals surface area (Å²) in [5, 5.41) is 3.92. The van der Waals surface area contributed by atoms with Crippen molar-refractivity contribution in [3.63, 3.8) is 0 Å². The van der Waals surface area contributed by atoms with Crippen molar-refractivity contribution in [3.05, 3.63) is 42.1 Å². The number of fused-ring (bicyclic) bond motifs is 1. The molecule has 1 heterocycles. The molecule has 1 amide bonds. The topological polar surface area (TPSA) is 68.0 Å². The molecule has 0 saturated heterocycles. The number of amides is 1. The van der Waals surface area contributed by atoms with Gasteiger partial charge in [0, 0.05) is 11.6 Å². The van der Waals surface area contributed by atoms with Gasteiger partial charge in [-0.1, -0.05) is 44.3 Å². The quantitative estimate of drug-likeness (QED) is 0.833. The molecular formula is C16H19N3OS. The second-order valence-electron chi connectivity index (χ2n) is 4.99. The Morgan fingerprint density at radius 1 is 1.29 bits per heavy atom. The van der Waals surface area contributed by atoms with E-state index < -0.39 is 5.54 Å². The van der Waals surface area contributed by atoms with Crippen LogP contribution in [0.1, 0.15) is 37.0 Å². The van der Waals surface area contributed by atoms with Crippen LogP contribution in [-0.4, -0.2) is 21.4 Å². The molecule has 0 saturated carbocycles. The maximum Gasteiger partial charge on any atom is 0.254 e. The number of carbonyl (C=O) groups is 1. The molecular weight excluding hydrogens is 282 g/mol. The number of para-hydroxylation sites is 1. The van der Waals surface area contributed by atoms with Gasteiger partial charge in [-0.15, -0.1) is 0 Å². The lowest BCUT2D eigenvalue weighted by Crippen LogP contribution is -2.56. The molecule has 0 atom stereocenters. The Kier molecular flexibility index (Phi) is 4.53. The van der Waals surface area contributed by atoms with E-state index in [-0.39, 0.29) is 5.91 Å². The highest BCUT2D eigenvalue weighted by Crippen LogP contribution is 2.20. The first kappa shape index (κ1) is 15.4. The third-order valence-corrected chi connectivity index (χ3v) is 4.30. The van der Waals surface area contributed by atoms with E-state index >= 15 is 0 Å². The monoisotopic (exact) mass is 301 g/mol. The standard InChI is InChI=1S/C16H19N3OS/c1-3-16(4-2,15(17)21)19-14(20)12-9-5-7-11-8-6-10-18-13(11)12/h5-10H,3-4H2,1-2H3,(H2,17,21)(H,19,20). The summed E-state index contributed by atoms with van der Waals surface area (Å²) in [5.41, 5.74) is 6.40. The van der Waals surface area contributed by atoms with Crippen LogP contribution in [0.15, 0.2) is 36.5 Å². The number of aromatic nitrogens is 1. The molecule has 0 unspecified atom stereocenters. The van der Waals surface area contributed by atoms with Crippen LogP contribution in [0, 0.1) is 0 Å². The van der Waals surface area contributed by atoms with Gasteiger partial charge in [-0.05, 0) is 25.0 Å². The Labute approximate surface area is 129 Å². The van der Waals surface area contributed by atoms with Crippen LogP contribution in [0.4, 0.5) is 0 Å². The fourth-order valence-electron chi connectivity index (χ4n) is 2.41. The number of thiocarbonyl (C=S) groups is 1. The van der Waals surface area contributed by atoms with E-state index in [9.17, 15) is 4.79 Å². The summed E-state index contributed by atoms with van der Waals surface area (Å²) >= 11 is 5.14. The molecule has 3 N–H and O–H groups in total. The van der Waals surface area contributed by atoms with E-state index in [1.54, 1.807) is 12.3 Å². The number of rotatable bonds is 5. The third kappa shape index (κ3) is 2.88. The predicted octanol–water partition coefficient (Wildman–Crippen LogP) is 2.81. The predicted molar refractivity (Wildman–Crippen MR) is 89.3 cm³/mol. The van der Waals surface area contributed by atoms with Gasteiger partial charge in [-0.2, -0.15) is 0 Å². The van der Waals surface area contributed by atoms with E-state index in [4.69, 9.17) is 18.0 Å². The Balaban J connectivity index is 2.41. The van der Waals surface area contributed by atoms with Gasteiger partial charge in [0.05, 0.1) is 21.6 Å². The second-order valence-corrected chi connectivity index (χ2v) is 5.43. The van der Waals surface area contributed by atoms with Crippen molar-refractivity contribution in [2.24, 2.45) is 5.73 Å². The maximum atomic E-state index is 12.6. The molecule has 2 aromatic rings. The van der Waals surface area contributed by atoms with E-state index in [0.29, 0.717) is 28.9 Å². The number of nitrogens with one attached hydrogen (secondary N) is 1. The first-order valence-corrected chi connectivity index (χ1v) is 7.41. The van der Waals surface area contributed by atoms with Crippen molar-refractivity contribution in [1.29, 1.82) is 0 Å². The third-order valence-electron chi connectivity index (χ3n) is 3.91. The lowest BCUT2D eigenvalue weighted by molar-refractivity contribution is 0.0921. The number of hydrogen-bond acceptors (Lipinski definition) is 3. The van der Waals surface area contributed by atoms with Crippen LogP contribution >= 0.6 is 12.2 Å². The number of nitrogens with zero attached hydrogens (tertiary/aromatic N) is 1. The average Bonchev–Trinajstić information content (AvgIpc) is 2.51. The second kappa shape index (κ2) is 6.18. The Hall–Kier alpha value is -2.01. The van der Waals surface area contributed by atoms with Gasteiger partial charge in [0.1, 0.15) is 0 Å². The van der Waals surface area contributed by atoms with Crippen LogP contribution in [0.25, 0.3) is 10.9 Å². The Bertz CT molecular complexity index is 675. The van der Waals surface area contributed by atoms with Gasteiger partial charge in [0.15, 0.2) is 0 Å². The minimum absolute atomic E-state index is 0.198. The lowest BCUT2D eigenvalue weighted by atomic mass is 9.92. The van der Waals surface area contributed by atoms with E-state index in [0.717, 1.165) is 5.39 Å². The summed E-state index contributed by atoms with van der Waals surface area (Å²) in [6.07, 6.45) is 2.99. The van der Waals surface area contributed by atoms with Gasteiger partial charge in [-0.3, -0.25) is 9.78 Å². The molecule has 4 nitrogen and oxygen atoms in total. The molecule has 0 aliphatic heterocycles. The van der Waals surface area contributed by atoms with E-state index in [1.807, 2.05) is 38.1 Å². The SMILES string of the molecule is CCC(CC)(NC(=O)c1cccc2cccnc12)C(N)=S. The van der Waals surface area contributed by atoms with Gasteiger partial charge in [0.25, 0.3) is 5.91 Å².